The van der Waals surface area contributed by atoms with Gasteiger partial charge in [0.25, 0.3) is 0 Å². The second-order valence-electron chi connectivity index (χ2n) is 6.83. The van der Waals surface area contributed by atoms with Crippen molar-refractivity contribution in [2.45, 2.75) is 39.2 Å². The molecule has 6 heteroatoms. The van der Waals surface area contributed by atoms with Crippen molar-refractivity contribution in [2.75, 3.05) is 0 Å². The van der Waals surface area contributed by atoms with Crippen molar-refractivity contribution in [3.8, 4) is 0 Å². The van der Waals surface area contributed by atoms with Crippen LogP contribution in [0.25, 0.3) is 0 Å². The number of hydrogen-bond acceptors (Lipinski definition) is 2. The molecule has 1 aliphatic carbocycles. The number of allylic oxidation sites excluding steroid dienone is 3. The van der Waals surface area contributed by atoms with Gasteiger partial charge in [0.05, 0.1) is 16.6 Å². The van der Waals surface area contributed by atoms with Gasteiger partial charge >= 0.3 is 5.97 Å². The van der Waals surface area contributed by atoms with Gasteiger partial charge in [-0.1, -0.05) is 48.3 Å². The van der Waals surface area contributed by atoms with E-state index in [2.05, 4.69) is 6.92 Å². The standard InChI is InChI=1S/C19H19Cl2NO3/c1-19-9-3-5-12(7-8-16(24)25)18(19)22(15(23)10-19)11-13-4-2-6-14(20)17(13)21/h2,4,6-8H,3,5,9-11H2,1H3,(H,24,25). The highest BCUT2D eigenvalue weighted by molar-refractivity contribution is 6.42. The number of carbonyl (C=O) groups is 2. The average molecular weight is 380 g/mol. The van der Waals surface area contributed by atoms with Gasteiger partial charge in [-0.05, 0) is 36.5 Å². The maximum Gasteiger partial charge on any atom is 0.328 e. The average Bonchev–Trinajstić information content (AvgIpc) is 2.80. The Bertz CT molecular complexity index is 800. The van der Waals surface area contributed by atoms with Crippen molar-refractivity contribution in [2.24, 2.45) is 5.41 Å². The molecule has 1 atom stereocenters. The van der Waals surface area contributed by atoms with Crippen LogP contribution in [0.2, 0.25) is 10.0 Å². The lowest BCUT2D eigenvalue weighted by molar-refractivity contribution is -0.131. The Morgan fingerprint density at radius 1 is 1.40 bits per heavy atom. The first-order chi connectivity index (χ1) is 11.8. The summed E-state index contributed by atoms with van der Waals surface area (Å²) in [6, 6.07) is 5.38. The fraction of sp³-hybridized carbons (Fsp3) is 0.368. The predicted molar refractivity (Wildman–Crippen MR) is 97.4 cm³/mol. The van der Waals surface area contributed by atoms with Crippen LogP contribution in [0, 0.1) is 5.41 Å². The molecule has 1 amide bonds. The molecule has 3 rings (SSSR count). The molecular weight excluding hydrogens is 361 g/mol. The van der Waals surface area contributed by atoms with Crippen molar-refractivity contribution in [1.82, 2.24) is 4.90 Å². The Labute approximate surface area is 156 Å². The summed E-state index contributed by atoms with van der Waals surface area (Å²) in [6.07, 6.45) is 5.82. The molecule has 1 aromatic carbocycles. The van der Waals surface area contributed by atoms with Gasteiger partial charge in [-0.25, -0.2) is 4.79 Å². The molecule has 4 nitrogen and oxygen atoms in total. The van der Waals surface area contributed by atoms with Gasteiger partial charge in [0.1, 0.15) is 0 Å². The molecular formula is C19H19Cl2NO3. The molecule has 25 heavy (non-hydrogen) atoms. The molecule has 0 aromatic heterocycles. The fourth-order valence-electron chi connectivity index (χ4n) is 3.86. The Morgan fingerprint density at radius 3 is 2.88 bits per heavy atom. The van der Waals surface area contributed by atoms with Crippen molar-refractivity contribution in [3.05, 3.63) is 57.2 Å². The molecule has 1 unspecified atom stereocenters. The number of carboxylic acid groups (broad SMARTS) is 1. The fourth-order valence-corrected chi connectivity index (χ4v) is 4.24. The van der Waals surface area contributed by atoms with E-state index in [1.54, 1.807) is 17.0 Å². The molecule has 1 saturated heterocycles. The van der Waals surface area contributed by atoms with Crippen LogP contribution in [-0.4, -0.2) is 21.9 Å². The highest BCUT2D eigenvalue weighted by Crippen LogP contribution is 2.51. The van der Waals surface area contributed by atoms with Gasteiger partial charge in [-0.3, -0.25) is 4.79 Å². The normalized spacial score (nSPS) is 23.5. The summed E-state index contributed by atoms with van der Waals surface area (Å²) in [4.78, 5) is 25.4. The summed E-state index contributed by atoms with van der Waals surface area (Å²) >= 11 is 12.4. The Hall–Kier alpha value is -1.78. The zero-order valence-corrected chi connectivity index (χ0v) is 15.4. The summed E-state index contributed by atoms with van der Waals surface area (Å²) in [5.41, 5.74) is 2.38. The molecule has 1 aliphatic heterocycles. The molecule has 1 N–H and O–H groups in total. The lowest BCUT2D eigenvalue weighted by Gasteiger charge is -2.34. The highest BCUT2D eigenvalue weighted by atomic mass is 35.5. The van der Waals surface area contributed by atoms with E-state index in [0.29, 0.717) is 23.0 Å². The molecule has 1 aromatic rings. The predicted octanol–water partition coefficient (Wildman–Crippen LogP) is 4.81. The lowest BCUT2D eigenvalue weighted by atomic mass is 9.74. The van der Waals surface area contributed by atoms with Gasteiger partial charge in [0, 0.05) is 23.6 Å². The van der Waals surface area contributed by atoms with Crippen LogP contribution in [0.4, 0.5) is 0 Å². The minimum atomic E-state index is -0.992. The van der Waals surface area contributed by atoms with Crippen LogP contribution in [0.5, 0.6) is 0 Å². The van der Waals surface area contributed by atoms with E-state index in [1.165, 1.54) is 0 Å². The van der Waals surface area contributed by atoms with E-state index in [0.717, 1.165) is 42.2 Å². The zero-order valence-electron chi connectivity index (χ0n) is 13.9. The van der Waals surface area contributed by atoms with Crippen LogP contribution in [-0.2, 0) is 16.1 Å². The summed E-state index contributed by atoms with van der Waals surface area (Å²) in [5.74, 6) is -0.953. The molecule has 0 radical (unpaired) electrons. The smallest absolute Gasteiger partial charge is 0.328 e. The number of likely N-dealkylation sites (tertiary alicyclic amines) is 1. The minimum Gasteiger partial charge on any atom is -0.478 e. The zero-order chi connectivity index (χ0) is 18.2. The molecule has 0 saturated carbocycles. The lowest BCUT2D eigenvalue weighted by Crippen LogP contribution is -2.28. The van der Waals surface area contributed by atoms with Crippen LogP contribution < -0.4 is 0 Å². The van der Waals surface area contributed by atoms with E-state index in [1.807, 2.05) is 12.1 Å². The maximum absolute atomic E-state index is 12.7. The number of benzene rings is 1. The third-order valence-electron chi connectivity index (χ3n) is 4.95. The Morgan fingerprint density at radius 2 is 2.16 bits per heavy atom. The van der Waals surface area contributed by atoms with Crippen molar-refractivity contribution in [1.29, 1.82) is 0 Å². The van der Waals surface area contributed by atoms with Crippen molar-refractivity contribution < 1.29 is 14.7 Å². The Balaban J connectivity index is 2.03. The molecule has 2 aliphatic rings. The number of aliphatic carboxylic acids is 1. The highest BCUT2D eigenvalue weighted by Gasteiger charge is 2.46. The summed E-state index contributed by atoms with van der Waals surface area (Å²) < 4.78 is 0. The molecule has 1 fully saturated rings. The second-order valence-corrected chi connectivity index (χ2v) is 7.61. The third kappa shape index (κ3) is 3.46. The van der Waals surface area contributed by atoms with Crippen molar-refractivity contribution >= 4 is 35.1 Å². The van der Waals surface area contributed by atoms with Crippen molar-refractivity contribution in [3.63, 3.8) is 0 Å². The monoisotopic (exact) mass is 379 g/mol. The van der Waals surface area contributed by atoms with Crippen LogP contribution in [0.3, 0.4) is 0 Å². The number of rotatable bonds is 4. The number of nitrogens with zero attached hydrogens (tertiary/aromatic N) is 1. The number of hydrogen-bond donors (Lipinski definition) is 1. The van der Waals surface area contributed by atoms with E-state index in [4.69, 9.17) is 28.3 Å². The Kier molecular flexibility index (Phi) is 4.94. The largest absolute Gasteiger partial charge is 0.478 e. The molecule has 0 spiro atoms. The number of carboxylic acids is 1. The van der Waals surface area contributed by atoms with Gasteiger partial charge in [-0.15, -0.1) is 0 Å². The number of halogens is 2. The number of fused-ring (bicyclic) bond motifs is 1. The topological polar surface area (TPSA) is 57.6 Å². The summed E-state index contributed by atoms with van der Waals surface area (Å²) in [7, 11) is 0. The minimum absolute atomic E-state index is 0.0386. The molecule has 1 heterocycles. The van der Waals surface area contributed by atoms with E-state index >= 15 is 0 Å². The maximum atomic E-state index is 12.7. The first-order valence-electron chi connectivity index (χ1n) is 8.20. The van der Waals surface area contributed by atoms with E-state index < -0.39 is 5.97 Å². The first-order valence-corrected chi connectivity index (χ1v) is 8.95. The number of carbonyl (C=O) groups excluding carboxylic acids is 1. The van der Waals surface area contributed by atoms with E-state index in [-0.39, 0.29) is 11.3 Å². The van der Waals surface area contributed by atoms with Crippen LogP contribution >= 0.6 is 23.2 Å². The SMILES string of the molecule is CC12CCCC(C=CC(=O)O)=C1N(Cc1cccc(Cl)c1Cl)C(=O)C2. The molecule has 132 valence electrons. The van der Waals surface area contributed by atoms with Gasteiger partial charge < -0.3 is 10.0 Å². The molecule has 0 bridgehead atoms. The third-order valence-corrected chi connectivity index (χ3v) is 5.81. The first kappa shape index (κ1) is 18.0. The van der Waals surface area contributed by atoms with Gasteiger partial charge in [0.2, 0.25) is 5.91 Å². The quantitative estimate of drug-likeness (QED) is 0.763. The summed E-state index contributed by atoms with van der Waals surface area (Å²) in [5, 5.41) is 9.85. The van der Waals surface area contributed by atoms with Gasteiger partial charge in [0.15, 0.2) is 0 Å². The van der Waals surface area contributed by atoms with Crippen LogP contribution in [0.1, 0.15) is 38.2 Å². The second kappa shape index (κ2) is 6.85. The van der Waals surface area contributed by atoms with E-state index in [9.17, 15) is 9.59 Å². The van der Waals surface area contributed by atoms with Gasteiger partial charge in [-0.2, -0.15) is 0 Å². The summed E-state index contributed by atoms with van der Waals surface area (Å²) in [6.45, 7) is 2.42. The van der Waals surface area contributed by atoms with Crippen LogP contribution in [0.15, 0.2) is 41.6 Å². The number of amides is 1.